The lowest BCUT2D eigenvalue weighted by atomic mass is 9.83. The van der Waals surface area contributed by atoms with Crippen molar-refractivity contribution in [3.8, 4) is 0 Å². The molecule has 150 valence electrons. The van der Waals surface area contributed by atoms with E-state index in [9.17, 15) is 14.4 Å². The number of ketones is 2. The van der Waals surface area contributed by atoms with Gasteiger partial charge in [0.25, 0.3) is 0 Å². The van der Waals surface area contributed by atoms with Crippen LogP contribution in [-0.4, -0.2) is 73.6 Å². The Morgan fingerprint density at radius 3 is 2.36 bits per heavy atom. The highest BCUT2D eigenvalue weighted by atomic mass is 16.2. The zero-order valence-electron chi connectivity index (χ0n) is 16.8. The summed E-state index contributed by atoms with van der Waals surface area (Å²) in [7, 11) is 2.14. The van der Waals surface area contributed by atoms with Crippen molar-refractivity contribution in [2.45, 2.75) is 26.2 Å². The van der Waals surface area contributed by atoms with Crippen LogP contribution in [0.15, 0.2) is 35.4 Å². The summed E-state index contributed by atoms with van der Waals surface area (Å²) in [6, 6.07) is 6.89. The van der Waals surface area contributed by atoms with Crippen molar-refractivity contribution < 1.29 is 14.4 Å². The van der Waals surface area contributed by atoms with Gasteiger partial charge in [0.1, 0.15) is 0 Å². The Labute approximate surface area is 166 Å². The van der Waals surface area contributed by atoms with Crippen LogP contribution < -0.4 is 5.32 Å². The maximum Gasteiger partial charge on any atom is 0.220 e. The minimum atomic E-state index is -0.129. The molecule has 1 amide bonds. The Kier molecular flexibility index (Phi) is 6.75. The molecule has 0 spiro atoms. The van der Waals surface area contributed by atoms with Crippen LogP contribution in [0.25, 0.3) is 0 Å². The number of nitrogens with zero attached hydrogens (tertiary/aromatic N) is 2. The summed E-state index contributed by atoms with van der Waals surface area (Å²) in [5.74, 6) is -0.314. The molecule has 1 saturated heterocycles. The van der Waals surface area contributed by atoms with Gasteiger partial charge in [-0.15, -0.1) is 0 Å². The van der Waals surface area contributed by atoms with Gasteiger partial charge < -0.3 is 15.1 Å². The van der Waals surface area contributed by atoms with Crippen LogP contribution in [0.4, 0.5) is 0 Å². The van der Waals surface area contributed by atoms with Crippen LogP contribution in [0, 0.1) is 0 Å². The number of allylic oxidation sites excluding steroid dienone is 2. The molecular formula is C22H29N3O3. The molecule has 1 aromatic rings. The number of hydrogen-bond acceptors (Lipinski definition) is 5. The Bertz CT molecular complexity index is 792. The smallest absolute Gasteiger partial charge is 0.220 e. The van der Waals surface area contributed by atoms with Crippen molar-refractivity contribution in [1.29, 1.82) is 0 Å². The molecule has 0 unspecified atom stereocenters. The van der Waals surface area contributed by atoms with Crippen LogP contribution in [0.2, 0.25) is 0 Å². The highest BCUT2D eigenvalue weighted by Gasteiger charge is 2.29. The number of piperazine rings is 1. The quantitative estimate of drug-likeness (QED) is 0.729. The molecule has 0 saturated carbocycles. The number of carbonyl (C=O) groups is 3. The van der Waals surface area contributed by atoms with E-state index in [1.165, 1.54) is 0 Å². The topological polar surface area (TPSA) is 69.7 Å². The van der Waals surface area contributed by atoms with Gasteiger partial charge in [-0.3, -0.25) is 14.4 Å². The fourth-order valence-electron chi connectivity index (χ4n) is 3.78. The first kappa shape index (κ1) is 20.4. The number of benzene rings is 1. The molecule has 1 aliphatic heterocycles. The van der Waals surface area contributed by atoms with E-state index in [0.29, 0.717) is 35.2 Å². The lowest BCUT2D eigenvalue weighted by Gasteiger charge is -2.32. The standard InChI is InChI=1S/C22H29N3O3/c1-16-17(22(28)19-7-4-3-6-18(19)21(16)27)8-9-20(26)23-10-5-11-25-14-12-24(2)13-15-25/h3-4,6-7H,5,8-15H2,1-2H3,(H,23,26). The average molecular weight is 383 g/mol. The molecule has 1 aliphatic carbocycles. The molecule has 0 atom stereocenters. The Hall–Kier alpha value is -2.31. The van der Waals surface area contributed by atoms with Crippen LogP contribution >= 0.6 is 0 Å². The molecule has 0 bridgehead atoms. The molecule has 28 heavy (non-hydrogen) atoms. The number of carbonyl (C=O) groups excluding carboxylic acids is 3. The molecule has 6 heteroatoms. The van der Waals surface area contributed by atoms with Gasteiger partial charge in [-0.2, -0.15) is 0 Å². The normalized spacial score (nSPS) is 18.4. The van der Waals surface area contributed by atoms with Crippen molar-refractivity contribution in [1.82, 2.24) is 15.1 Å². The number of rotatable bonds is 7. The fourth-order valence-corrected chi connectivity index (χ4v) is 3.78. The first-order valence-electron chi connectivity index (χ1n) is 10.0. The monoisotopic (exact) mass is 383 g/mol. The number of fused-ring (bicyclic) bond motifs is 1. The highest BCUT2D eigenvalue weighted by molar-refractivity contribution is 6.26. The van der Waals surface area contributed by atoms with E-state index in [0.717, 1.165) is 39.1 Å². The molecule has 1 aromatic carbocycles. The Morgan fingerprint density at radius 1 is 1.04 bits per heavy atom. The number of Topliss-reactive ketones (excluding diaryl/α,β-unsaturated/α-hetero) is 2. The van der Waals surface area contributed by atoms with E-state index in [2.05, 4.69) is 22.2 Å². The third kappa shape index (κ3) is 4.75. The molecule has 0 aromatic heterocycles. The average Bonchev–Trinajstić information content (AvgIpc) is 2.71. The van der Waals surface area contributed by atoms with Crippen molar-refractivity contribution in [2.75, 3.05) is 46.3 Å². The summed E-state index contributed by atoms with van der Waals surface area (Å²) < 4.78 is 0. The SMILES string of the molecule is CC1=C(CCC(=O)NCCCN2CCN(C)CC2)C(=O)c2ccccc2C1=O. The molecule has 1 fully saturated rings. The fraction of sp³-hybridized carbons (Fsp3) is 0.500. The molecule has 6 nitrogen and oxygen atoms in total. The van der Waals surface area contributed by atoms with Crippen LogP contribution in [-0.2, 0) is 4.79 Å². The third-order valence-corrected chi connectivity index (χ3v) is 5.65. The third-order valence-electron chi connectivity index (χ3n) is 5.65. The minimum Gasteiger partial charge on any atom is -0.356 e. The van der Waals surface area contributed by atoms with Gasteiger partial charge in [-0.1, -0.05) is 24.3 Å². The number of hydrogen-bond donors (Lipinski definition) is 1. The number of nitrogens with one attached hydrogen (secondary N) is 1. The first-order chi connectivity index (χ1) is 13.5. The molecule has 3 rings (SSSR count). The maximum atomic E-state index is 12.7. The Morgan fingerprint density at radius 2 is 1.68 bits per heavy atom. The molecular weight excluding hydrogens is 354 g/mol. The largest absolute Gasteiger partial charge is 0.356 e. The number of likely N-dealkylation sites (N-methyl/N-ethyl adjacent to an activating group) is 1. The lowest BCUT2D eigenvalue weighted by molar-refractivity contribution is -0.121. The van der Waals surface area contributed by atoms with E-state index < -0.39 is 0 Å². The summed E-state index contributed by atoms with van der Waals surface area (Å²) in [4.78, 5) is 42.1. The van der Waals surface area contributed by atoms with Crippen molar-refractivity contribution >= 4 is 17.5 Å². The van der Waals surface area contributed by atoms with Crippen molar-refractivity contribution in [2.24, 2.45) is 0 Å². The molecule has 0 radical (unpaired) electrons. The molecule has 1 heterocycles. The van der Waals surface area contributed by atoms with Crippen LogP contribution in [0.1, 0.15) is 46.9 Å². The zero-order chi connectivity index (χ0) is 20.1. The van der Waals surface area contributed by atoms with Gasteiger partial charge in [0.2, 0.25) is 5.91 Å². The summed E-state index contributed by atoms with van der Waals surface area (Å²) in [6.07, 6.45) is 1.44. The second-order valence-electron chi connectivity index (χ2n) is 7.66. The van der Waals surface area contributed by atoms with Gasteiger partial charge >= 0.3 is 0 Å². The summed E-state index contributed by atoms with van der Waals surface area (Å²) in [5.41, 5.74) is 1.84. The maximum absolute atomic E-state index is 12.7. The summed E-state index contributed by atoms with van der Waals surface area (Å²) >= 11 is 0. The Balaban J connectivity index is 1.44. The zero-order valence-corrected chi connectivity index (χ0v) is 16.8. The van der Waals surface area contributed by atoms with Crippen LogP contribution in [0.3, 0.4) is 0 Å². The van der Waals surface area contributed by atoms with Gasteiger partial charge in [0.05, 0.1) is 0 Å². The summed E-state index contributed by atoms with van der Waals surface area (Å²) in [5, 5.41) is 2.94. The van der Waals surface area contributed by atoms with E-state index >= 15 is 0 Å². The minimum absolute atomic E-state index is 0.0715. The second-order valence-corrected chi connectivity index (χ2v) is 7.66. The van der Waals surface area contributed by atoms with Gasteiger partial charge in [0, 0.05) is 61.4 Å². The van der Waals surface area contributed by atoms with Gasteiger partial charge in [-0.25, -0.2) is 0 Å². The van der Waals surface area contributed by atoms with E-state index in [-0.39, 0.29) is 23.9 Å². The second kappa shape index (κ2) is 9.26. The molecule has 1 N–H and O–H groups in total. The predicted molar refractivity (Wildman–Crippen MR) is 109 cm³/mol. The van der Waals surface area contributed by atoms with E-state index in [4.69, 9.17) is 0 Å². The van der Waals surface area contributed by atoms with Crippen molar-refractivity contribution in [3.63, 3.8) is 0 Å². The number of amides is 1. The predicted octanol–water partition coefficient (Wildman–Crippen LogP) is 1.92. The van der Waals surface area contributed by atoms with Gasteiger partial charge in [0.15, 0.2) is 11.6 Å². The van der Waals surface area contributed by atoms with E-state index in [1.807, 2.05) is 0 Å². The summed E-state index contributed by atoms with van der Waals surface area (Å²) in [6.45, 7) is 7.65. The lowest BCUT2D eigenvalue weighted by Crippen LogP contribution is -2.45. The van der Waals surface area contributed by atoms with E-state index in [1.54, 1.807) is 31.2 Å². The highest BCUT2D eigenvalue weighted by Crippen LogP contribution is 2.28. The molecule has 2 aliphatic rings. The van der Waals surface area contributed by atoms with Crippen LogP contribution in [0.5, 0.6) is 0 Å². The first-order valence-corrected chi connectivity index (χ1v) is 10.0. The van der Waals surface area contributed by atoms with Crippen molar-refractivity contribution in [3.05, 3.63) is 46.5 Å². The van der Waals surface area contributed by atoms with Gasteiger partial charge in [-0.05, 0) is 33.4 Å².